The zero-order valence-corrected chi connectivity index (χ0v) is 13.7. The van der Waals surface area contributed by atoms with E-state index in [1.54, 1.807) is 26.0 Å². The van der Waals surface area contributed by atoms with E-state index in [-0.39, 0.29) is 10.8 Å². The summed E-state index contributed by atoms with van der Waals surface area (Å²) >= 11 is 0. The third-order valence-corrected chi connectivity index (χ3v) is 5.71. The molecule has 0 saturated carbocycles. The number of hydrogen-bond donors (Lipinski definition) is 1. The molecule has 0 bridgehead atoms. The first kappa shape index (κ1) is 16.9. The number of rotatable bonds is 6. The van der Waals surface area contributed by atoms with Crippen LogP contribution in [0.1, 0.15) is 26.7 Å². The second-order valence-electron chi connectivity index (χ2n) is 5.11. The molecule has 0 radical (unpaired) electrons. The van der Waals surface area contributed by atoms with Crippen LogP contribution >= 0.6 is 0 Å². The molecular formula is C15H22N2O4S. The van der Waals surface area contributed by atoms with E-state index >= 15 is 0 Å². The van der Waals surface area contributed by atoms with Crippen molar-refractivity contribution < 1.29 is 17.9 Å². The predicted molar refractivity (Wildman–Crippen MR) is 84.2 cm³/mol. The van der Waals surface area contributed by atoms with E-state index in [4.69, 9.17) is 4.74 Å². The average Bonchev–Trinajstić information content (AvgIpc) is 3.03. The van der Waals surface area contributed by atoms with Crippen molar-refractivity contribution in [1.82, 2.24) is 4.31 Å². The third kappa shape index (κ3) is 3.66. The first-order valence-corrected chi connectivity index (χ1v) is 8.95. The molecule has 1 saturated heterocycles. The monoisotopic (exact) mass is 326 g/mol. The summed E-state index contributed by atoms with van der Waals surface area (Å²) < 4.78 is 31.7. The quantitative estimate of drug-likeness (QED) is 0.865. The van der Waals surface area contributed by atoms with Gasteiger partial charge in [0.15, 0.2) is 0 Å². The Morgan fingerprint density at radius 1 is 1.36 bits per heavy atom. The highest BCUT2D eigenvalue weighted by Gasteiger charge is 2.25. The number of hydrogen-bond acceptors (Lipinski definition) is 4. The zero-order chi connectivity index (χ0) is 16.2. The first-order valence-electron chi connectivity index (χ1n) is 7.51. The minimum atomic E-state index is -3.53. The minimum absolute atomic E-state index is 0.182. The Morgan fingerprint density at radius 2 is 2.09 bits per heavy atom. The Labute approximate surface area is 131 Å². The molecule has 1 aromatic carbocycles. The lowest BCUT2D eigenvalue weighted by atomic mass is 10.2. The molecule has 1 fully saturated rings. The Morgan fingerprint density at radius 3 is 2.68 bits per heavy atom. The zero-order valence-electron chi connectivity index (χ0n) is 12.9. The van der Waals surface area contributed by atoms with Crippen LogP contribution in [0.2, 0.25) is 0 Å². The fourth-order valence-corrected chi connectivity index (χ4v) is 3.96. The summed E-state index contributed by atoms with van der Waals surface area (Å²) in [5.41, 5.74) is 0.466. The van der Waals surface area contributed by atoms with Crippen molar-refractivity contribution in [2.24, 2.45) is 0 Å². The highest BCUT2D eigenvalue weighted by atomic mass is 32.2. The molecule has 1 N–H and O–H groups in total. The second-order valence-corrected chi connectivity index (χ2v) is 7.05. The fourth-order valence-electron chi connectivity index (χ4n) is 2.45. The van der Waals surface area contributed by atoms with Gasteiger partial charge in [0.1, 0.15) is 6.10 Å². The van der Waals surface area contributed by atoms with Crippen molar-refractivity contribution in [3.63, 3.8) is 0 Å². The molecule has 122 valence electrons. The van der Waals surface area contributed by atoms with Gasteiger partial charge in [-0.2, -0.15) is 4.31 Å². The summed E-state index contributed by atoms with van der Waals surface area (Å²) in [7, 11) is -3.53. The number of anilines is 1. The average molecular weight is 326 g/mol. The van der Waals surface area contributed by atoms with Crippen LogP contribution in [0.15, 0.2) is 29.2 Å². The van der Waals surface area contributed by atoms with Crippen molar-refractivity contribution in [2.75, 3.05) is 25.0 Å². The highest BCUT2D eigenvalue weighted by Crippen LogP contribution is 2.21. The van der Waals surface area contributed by atoms with Gasteiger partial charge in [0.05, 0.1) is 4.90 Å². The topological polar surface area (TPSA) is 75.7 Å². The number of benzene rings is 1. The van der Waals surface area contributed by atoms with E-state index < -0.39 is 16.1 Å². The molecule has 1 aromatic rings. The number of amides is 1. The summed E-state index contributed by atoms with van der Waals surface area (Å²) in [6.07, 6.45) is 1.13. The van der Waals surface area contributed by atoms with Crippen molar-refractivity contribution >= 4 is 21.6 Å². The molecule has 1 aliphatic heterocycles. The van der Waals surface area contributed by atoms with Gasteiger partial charge in [0, 0.05) is 25.4 Å². The van der Waals surface area contributed by atoms with Crippen LogP contribution in [0.5, 0.6) is 0 Å². The van der Waals surface area contributed by atoms with Gasteiger partial charge in [-0.3, -0.25) is 4.79 Å². The lowest BCUT2D eigenvalue weighted by Crippen LogP contribution is -2.31. The summed E-state index contributed by atoms with van der Waals surface area (Å²) in [4.78, 5) is 12.2. The lowest BCUT2D eigenvalue weighted by Gasteiger charge is -2.19. The van der Waals surface area contributed by atoms with E-state index in [9.17, 15) is 13.2 Å². The number of nitrogens with one attached hydrogen (secondary N) is 1. The second kappa shape index (κ2) is 7.21. The van der Waals surface area contributed by atoms with E-state index in [0.29, 0.717) is 31.8 Å². The van der Waals surface area contributed by atoms with E-state index in [2.05, 4.69) is 5.32 Å². The fraction of sp³-hybridized carbons (Fsp3) is 0.533. The molecule has 0 aromatic heterocycles. The third-order valence-electron chi connectivity index (χ3n) is 3.67. The molecule has 6 nitrogen and oxygen atoms in total. The predicted octanol–water partition coefficient (Wildman–Crippen LogP) is 1.83. The molecular weight excluding hydrogens is 304 g/mol. The van der Waals surface area contributed by atoms with Gasteiger partial charge in [-0.05, 0) is 31.0 Å². The Hall–Kier alpha value is -1.44. The van der Waals surface area contributed by atoms with Crippen LogP contribution in [-0.2, 0) is 19.6 Å². The molecule has 1 aliphatic rings. The van der Waals surface area contributed by atoms with Gasteiger partial charge in [-0.25, -0.2) is 8.42 Å². The highest BCUT2D eigenvalue weighted by molar-refractivity contribution is 7.89. The molecule has 0 aliphatic carbocycles. The number of carbonyl (C=O) groups excluding carboxylic acids is 1. The molecule has 0 unspecified atom stereocenters. The van der Waals surface area contributed by atoms with Crippen LogP contribution in [-0.4, -0.2) is 44.4 Å². The number of sulfonamides is 1. The van der Waals surface area contributed by atoms with Gasteiger partial charge in [-0.15, -0.1) is 0 Å². The first-order chi connectivity index (χ1) is 10.5. The Bertz CT molecular complexity index is 620. The maximum absolute atomic E-state index is 12.5. The van der Waals surface area contributed by atoms with Crippen molar-refractivity contribution in [3.8, 4) is 0 Å². The Kier molecular flexibility index (Phi) is 5.55. The lowest BCUT2D eigenvalue weighted by molar-refractivity contribution is -0.124. The van der Waals surface area contributed by atoms with Gasteiger partial charge in [-0.1, -0.05) is 19.9 Å². The van der Waals surface area contributed by atoms with Gasteiger partial charge in [0.25, 0.3) is 5.91 Å². The molecule has 1 heterocycles. The van der Waals surface area contributed by atoms with Crippen LogP contribution in [0, 0.1) is 0 Å². The van der Waals surface area contributed by atoms with E-state index in [0.717, 1.165) is 6.42 Å². The standard InChI is InChI=1S/C15H22N2O4S/c1-3-17(4-2)22(19,20)13-8-5-7-12(11-13)16-15(18)14-9-6-10-21-14/h5,7-8,11,14H,3-4,6,9-10H2,1-2H3,(H,16,18)/t14-/m1/s1. The van der Waals surface area contributed by atoms with Crippen molar-refractivity contribution in [1.29, 1.82) is 0 Å². The van der Waals surface area contributed by atoms with Gasteiger partial charge >= 0.3 is 0 Å². The van der Waals surface area contributed by atoms with Gasteiger partial charge < -0.3 is 10.1 Å². The van der Waals surface area contributed by atoms with E-state index in [1.165, 1.54) is 16.4 Å². The normalized spacial score (nSPS) is 18.6. The Balaban J connectivity index is 2.17. The summed E-state index contributed by atoms with van der Waals surface area (Å²) in [6.45, 7) is 5.00. The summed E-state index contributed by atoms with van der Waals surface area (Å²) in [5.74, 6) is -0.227. The van der Waals surface area contributed by atoms with Crippen LogP contribution in [0.25, 0.3) is 0 Å². The van der Waals surface area contributed by atoms with Crippen molar-refractivity contribution in [3.05, 3.63) is 24.3 Å². The number of ether oxygens (including phenoxy) is 1. The molecule has 1 atom stereocenters. The van der Waals surface area contributed by atoms with Crippen LogP contribution in [0.4, 0.5) is 5.69 Å². The summed E-state index contributed by atoms with van der Waals surface area (Å²) in [6, 6.07) is 6.32. The van der Waals surface area contributed by atoms with E-state index in [1.807, 2.05) is 0 Å². The molecule has 7 heteroatoms. The van der Waals surface area contributed by atoms with Gasteiger partial charge in [0.2, 0.25) is 10.0 Å². The SMILES string of the molecule is CCN(CC)S(=O)(=O)c1cccc(NC(=O)[C@H]2CCCO2)c1. The minimum Gasteiger partial charge on any atom is -0.368 e. The smallest absolute Gasteiger partial charge is 0.253 e. The van der Waals surface area contributed by atoms with Crippen LogP contribution < -0.4 is 5.32 Å². The molecule has 1 amide bonds. The van der Waals surface area contributed by atoms with Crippen LogP contribution in [0.3, 0.4) is 0 Å². The number of nitrogens with zero attached hydrogens (tertiary/aromatic N) is 1. The maximum atomic E-state index is 12.5. The molecule has 0 spiro atoms. The van der Waals surface area contributed by atoms with Crippen molar-refractivity contribution in [2.45, 2.75) is 37.7 Å². The summed E-state index contributed by atoms with van der Waals surface area (Å²) in [5, 5.41) is 2.72. The number of carbonyl (C=O) groups is 1. The molecule has 22 heavy (non-hydrogen) atoms. The maximum Gasteiger partial charge on any atom is 0.253 e. The molecule has 2 rings (SSSR count). The largest absolute Gasteiger partial charge is 0.368 e.